The zero-order valence-electron chi connectivity index (χ0n) is 12.3. The van der Waals surface area contributed by atoms with E-state index in [0.29, 0.717) is 6.42 Å². The maximum Gasteiger partial charge on any atom is 0.326 e. The van der Waals surface area contributed by atoms with Crippen LogP contribution in [0.2, 0.25) is 0 Å². The van der Waals surface area contributed by atoms with Crippen LogP contribution in [0, 0.1) is 0 Å². The molecule has 5 nitrogen and oxygen atoms in total. The van der Waals surface area contributed by atoms with Crippen molar-refractivity contribution >= 4 is 11.9 Å². The van der Waals surface area contributed by atoms with Crippen molar-refractivity contribution in [3.05, 3.63) is 29.8 Å². The summed E-state index contributed by atoms with van der Waals surface area (Å²) in [7, 11) is 0. The molecule has 0 bridgehead atoms. The van der Waals surface area contributed by atoms with E-state index in [1.165, 1.54) is 12.1 Å². The summed E-state index contributed by atoms with van der Waals surface area (Å²) in [5.41, 5.74) is 0.756. The van der Waals surface area contributed by atoms with Crippen molar-refractivity contribution < 1.29 is 19.8 Å². The molecule has 21 heavy (non-hydrogen) atoms. The lowest BCUT2D eigenvalue weighted by molar-refractivity contribution is -0.141. The molecule has 5 heteroatoms. The second-order valence-electron chi connectivity index (χ2n) is 5.14. The molecule has 0 heterocycles. The van der Waals surface area contributed by atoms with Crippen LogP contribution in [-0.4, -0.2) is 28.1 Å². The summed E-state index contributed by atoms with van der Waals surface area (Å²) in [6, 6.07) is 5.37. The summed E-state index contributed by atoms with van der Waals surface area (Å²) < 4.78 is 0. The number of unbranched alkanes of at least 4 members (excludes halogenated alkanes) is 3. The van der Waals surface area contributed by atoms with E-state index >= 15 is 0 Å². The van der Waals surface area contributed by atoms with E-state index in [-0.39, 0.29) is 18.1 Å². The van der Waals surface area contributed by atoms with Crippen molar-refractivity contribution in [2.45, 2.75) is 51.5 Å². The Morgan fingerprint density at radius 2 is 1.81 bits per heavy atom. The highest BCUT2D eigenvalue weighted by atomic mass is 16.4. The van der Waals surface area contributed by atoms with Gasteiger partial charge in [-0.15, -0.1) is 0 Å². The van der Waals surface area contributed by atoms with Gasteiger partial charge < -0.3 is 15.5 Å². The average Bonchev–Trinajstić information content (AvgIpc) is 2.45. The van der Waals surface area contributed by atoms with Crippen molar-refractivity contribution in [2.24, 2.45) is 0 Å². The fourth-order valence-electron chi connectivity index (χ4n) is 2.05. The molecule has 0 spiro atoms. The number of aliphatic carboxylic acids is 1. The van der Waals surface area contributed by atoms with Gasteiger partial charge >= 0.3 is 5.97 Å². The quantitative estimate of drug-likeness (QED) is 0.610. The Balaban J connectivity index is 2.48. The number of phenolic OH excluding ortho intramolecular Hbond substituents is 1. The van der Waals surface area contributed by atoms with Crippen molar-refractivity contribution in [3.8, 4) is 5.75 Å². The van der Waals surface area contributed by atoms with Gasteiger partial charge in [-0.25, -0.2) is 4.79 Å². The van der Waals surface area contributed by atoms with E-state index in [2.05, 4.69) is 12.2 Å². The molecule has 0 aliphatic rings. The van der Waals surface area contributed by atoms with Crippen LogP contribution in [-0.2, 0) is 16.0 Å². The molecule has 116 valence electrons. The second-order valence-corrected chi connectivity index (χ2v) is 5.14. The Labute approximate surface area is 125 Å². The van der Waals surface area contributed by atoms with E-state index in [4.69, 9.17) is 0 Å². The maximum absolute atomic E-state index is 11.8. The third-order valence-corrected chi connectivity index (χ3v) is 3.27. The number of hydrogen-bond donors (Lipinski definition) is 3. The Morgan fingerprint density at radius 3 is 2.38 bits per heavy atom. The number of rotatable bonds is 9. The highest BCUT2D eigenvalue weighted by molar-refractivity contribution is 5.83. The number of carbonyl (C=O) groups is 2. The van der Waals surface area contributed by atoms with Crippen LogP contribution >= 0.6 is 0 Å². The topological polar surface area (TPSA) is 86.6 Å². The number of benzene rings is 1. The predicted octanol–water partition coefficient (Wildman–Crippen LogP) is 2.47. The Bertz CT molecular complexity index is 456. The van der Waals surface area contributed by atoms with Gasteiger partial charge in [-0.05, 0) is 24.1 Å². The highest BCUT2D eigenvalue weighted by Gasteiger charge is 2.20. The van der Waals surface area contributed by atoms with Crippen molar-refractivity contribution in [1.82, 2.24) is 5.32 Å². The van der Waals surface area contributed by atoms with Gasteiger partial charge in [-0.2, -0.15) is 0 Å². The number of carboxylic acids is 1. The summed E-state index contributed by atoms with van der Waals surface area (Å²) >= 11 is 0. The first-order valence-electron chi connectivity index (χ1n) is 7.33. The largest absolute Gasteiger partial charge is 0.508 e. The second kappa shape index (κ2) is 9.00. The average molecular weight is 293 g/mol. The molecule has 1 aromatic rings. The minimum atomic E-state index is -1.05. The van der Waals surface area contributed by atoms with Gasteiger partial charge in [-0.1, -0.05) is 38.3 Å². The minimum Gasteiger partial charge on any atom is -0.508 e. The number of aromatic hydroxyl groups is 1. The van der Waals surface area contributed by atoms with Gasteiger partial charge in [0.05, 0.1) is 0 Å². The van der Waals surface area contributed by atoms with E-state index in [9.17, 15) is 19.8 Å². The maximum atomic E-state index is 11.8. The third kappa shape index (κ3) is 6.79. The van der Waals surface area contributed by atoms with Crippen LogP contribution < -0.4 is 5.32 Å². The zero-order chi connectivity index (χ0) is 15.7. The summed E-state index contributed by atoms with van der Waals surface area (Å²) in [5.74, 6) is -1.15. The first-order chi connectivity index (χ1) is 10.0. The number of nitrogens with one attached hydrogen (secondary N) is 1. The van der Waals surface area contributed by atoms with Gasteiger partial charge in [0.25, 0.3) is 0 Å². The first-order valence-corrected chi connectivity index (χ1v) is 7.33. The highest BCUT2D eigenvalue weighted by Crippen LogP contribution is 2.11. The van der Waals surface area contributed by atoms with E-state index < -0.39 is 12.0 Å². The molecule has 0 aromatic heterocycles. The Hall–Kier alpha value is -2.04. The van der Waals surface area contributed by atoms with Gasteiger partial charge in [0, 0.05) is 12.8 Å². The van der Waals surface area contributed by atoms with Crippen molar-refractivity contribution in [3.63, 3.8) is 0 Å². The molecule has 1 aromatic carbocycles. The van der Waals surface area contributed by atoms with Crippen molar-refractivity contribution in [1.29, 1.82) is 0 Å². The van der Waals surface area contributed by atoms with Gasteiger partial charge in [-0.3, -0.25) is 4.79 Å². The SMILES string of the molecule is CCCCCCC(=O)N[C@H](Cc1ccc(O)cc1)C(=O)O. The molecule has 0 fully saturated rings. The van der Waals surface area contributed by atoms with E-state index in [1.807, 2.05) is 0 Å². The van der Waals surface area contributed by atoms with E-state index in [1.54, 1.807) is 12.1 Å². The molecule has 1 atom stereocenters. The predicted molar refractivity (Wildman–Crippen MR) is 80.1 cm³/mol. The van der Waals surface area contributed by atoms with Crippen LogP contribution in [0.5, 0.6) is 5.75 Å². The molecular formula is C16H23NO4. The molecule has 0 aliphatic heterocycles. The fourth-order valence-corrected chi connectivity index (χ4v) is 2.05. The van der Waals surface area contributed by atoms with Crippen LogP contribution in [0.15, 0.2) is 24.3 Å². The van der Waals surface area contributed by atoms with E-state index in [0.717, 1.165) is 31.2 Å². The zero-order valence-corrected chi connectivity index (χ0v) is 12.3. The minimum absolute atomic E-state index is 0.130. The number of phenols is 1. The first kappa shape index (κ1) is 17.0. The number of carboxylic acid groups (broad SMARTS) is 1. The van der Waals surface area contributed by atoms with Gasteiger partial charge in [0.2, 0.25) is 5.91 Å². The standard InChI is InChI=1S/C16H23NO4/c1-2-3-4-5-6-15(19)17-14(16(20)21)11-12-7-9-13(18)10-8-12/h7-10,14,18H,2-6,11H2,1H3,(H,17,19)(H,20,21)/t14-/m1/s1. The summed E-state index contributed by atoms with van der Waals surface area (Å²) in [5, 5.41) is 20.9. The molecule has 0 aliphatic carbocycles. The number of amides is 1. The molecule has 0 radical (unpaired) electrons. The lowest BCUT2D eigenvalue weighted by atomic mass is 10.1. The normalized spacial score (nSPS) is 11.9. The molecule has 0 unspecified atom stereocenters. The number of carbonyl (C=O) groups excluding carboxylic acids is 1. The monoisotopic (exact) mass is 293 g/mol. The third-order valence-electron chi connectivity index (χ3n) is 3.27. The van der Waals surface area contributed by atoms with Gasteiger partial charge in [0.15, 0.2) is 0 Å². The van der Waals surface area contributed by atoms with Crippen LogP contribution in [0.1, 0.15) is 44.6 Å². The summed E-state index contributed by atoms with van der Waals surface area (Å²) in [6.07, 6.45) is 4.52. The lowest BCUT2D eigenvalue weighted by Gasteiger charge is -2.14. The molecular weight excluding hydrogens is 270 g/mol. The van der Waals surface area contributed by atoms with Crippen LogP contribution in [0.4, 0.5) is 0 Å². The molecule has 1 rings (SSSR count). The summed E-state index contributed by atoms with van der Waals surface area (Å²) in [6.45, 7) is 2.10. The fraction of sp³-hybridized carbons (Fsp3) is 0.500. The lowest BCUT2D eigenvalue weighted by Crippen LogP contribution is -2.42. The van der Waals surface area contributed by atoms with Crippen LogP contribution in [0.3, 0.4) is 0 Å². The Morgan fingerprint density at radius 1 is 1.14 bits per heavy atom. The Kier molecular flexibility index (Phi) is 7.29. The molecule has 0 saturated carbocycles. The van der Waals surface area contributed by atoms with Crippen molar-refractivity contribution in [2.75, 3.05) is 0 Å². The summed E-state index contributed by atoms with van der Waals surface area (Å²) in [4.78, 5) is 23.0. The van der Waals surface area contributed by atoms with Crippen LogP contribution in [0.25, 0.3) is 0 Å². The molecule has 3 N–H and O–H groups in total. The molecule has 0 saturated heterocycles. The smallest absolute Gasteiger partial charge is 0.326 e. The molecule has 1 amide bonds. The van der Waals surface area contributed by atoms with Gasteiger partial charge in [0.1, 0.15) is 11.8 Å². The number of hydrogen-bond acceptors (Lipinski definition) is 3.